The Morgan fingerprint density at radius 1 is 0.640 bits per heavy atom. The Kier molecular flexibility index (Phi) is 30.1. The Bertz CT molecular complexity index is 3100. The molecule has 12 amide bonds. The molecular weight excluding hydrogens is 1330 g/mol. The molecule has 4 aliphatic rings. The molecule has 8 atom stereocenters. The number of hydrogen-bond acceptors (Lipinski definition) is 12. The van der Waals surface area contributed by atoms with Crippen LogP contribution >= 0.6 is 11.6 Å². The normalized spacial score (nSPS) is 25.9. The van der Waals surface area contributed by atoms with Gasteiger partial charge < -0.3 is 60.0 Å². The average Bonchev–Trinajstić information content (AvgIpc) is 1.45. The lowest BCUT2D eigenvalue weighted by atomic mass is 9.84. The maximum Gasteiger partial charge on any atom is 0.417 e. The Labute approximate surface area is 590 Å². The molecule has 0 radical (unpaired) electrons. The van der Waals surface area contributed by atoms with E-state index in [0.717, 1.165) is 81.9 Å². The van der Waals surface area contributed by atoms with Crippen molar-refractivity contribution < 1.29 is 79.5 Å². The van der Waals surface area contributed by atoms with Crippen molar-refractivity contribution in [1.82, 2.24) is 60.0 Å². The fraction of sp³-hybridized carbons (Fsp3) is 0.743. The van der Waals surface area contributed by atoms with Gasteiger partial charge in [-0.15, -0.1) is 0 Å². The summed E-state index contributed by atoms with van der Waals surface area (Å²) in [5.41, 5.74) is -2.73. The van der Waals surface area contributed by atoms with Crippen molar-refractivity contribution >= 4 is 82.5 Å². The third-order valence-corrected chi connectivity index (χ3v) is 21.0. The quantitative estimate of drug-likeness (QED) is 0.204. The van der Waals surface area contributed by atoms with Crippen LogP contribution in [-0.4, -0.2) is 258 Å². The number of piperidine rings is 1. The summed E-state index contributed by atoms with van der Waals surface area (Å²) < 4.78 is 70.8. The lowest BCUT2D eigenvalue weighted by Gasteiger charge is -2.41. The minimum atomic E-state index is -4.83. The van der Waals surface area contributed by atoms with Gasteiger partial charge in [0, 0.05) is 94.8 Å². The molecule has 5 rings (SSSR count). The van der Waals surface area contributed by atoms with E-state index in [0.29, 0.717) is 19.3 Å². The molecule has 1 spiro atoms. The number of hydrogen-bond donors (Lipinski definition) is 3. The smallest absolute Gasteiger partial charge is 0.343 e. The van der Waals surface area contributed by atoms with Gasteiger partial charge in [0.1, 0.15) is 41.8 Å². The van der Waals surface area contributed by atoms with Gasteiger partial charge in [0.25, 0.3) is 5.92 Å². The second kappa shape index (κ2) is 36.1. The van der Waals surface area contributed by atoms with Crippen molar-refractivity contribution in [1.29, 1.82) is 0 Å². The number of likely N-dealkylation sites (N-methyl/N-ethyl adjacent to an activating group) is 8. The Hall–Kier alpha value is -7.20. The molecule has 0 bridgehead atoms. The summed E-state index contributed by atoms with van der Waals surface area (Å²) in [7, 11) is 10.9. The molecule has 24 nitrogen and oxygen atoms in total. The molecule has 1 aromatic rings. The van der Waals surface area contributed by atoms with Crippen molar-refractivity contribution in [2.75, 3.05) is 89.1 Å². The van der Waals surface area contributed by atoms with Crippen molar-refractivity contribution in [2.24, 2.45) is 23.7 Å². The van der Waals surface area contributed by atoms with E-state index in [-0.39, 0.29) is 62.3 Å². The Morgan fingerprint density at radius 3 is 1.78 bits per heavy atom. The number of nitrogens with one attached hydrogen (secondary N) is 3. The van der Waals surface area contributed by atoms with Gasteiger partial charge in [-0.1, -0.05) is 111 Å². The summed E-state index contributed by atoms with van der Waals surface area (Å²) in [6, 6.07) is -6.18. The fourth-order valence-electron chi connectivity index (χ4n) is 13.9. The summed E-state index contributed by atoms with van der Waals surface area (Å²) in [5, 5.41) is 7.71. The number of carbonyl (C=O) groups is 12. The van der Waals surface area contributed by atoms with E-state index < -0.39 is 205 Å². The number of benzene rings is 1. The number of nitrogens with zero attached hydrogens (tertiary/aromatic N) is 9. The number of halogens is 6. The average molecular weight is 1440 g/mol. The molecule has 2 saturated heterocycles. The van der Waals surface area contributed by atoms with Crippen LogP contribution in [0.4, 0.5) is 22.0 Å². The van der Waals surface area contributed by atoms with E-state index in [1.54, 1.807) is 27.7 Å². The molecule has 4 fully saturated rings. The first-order chi connectivity index (χ1) is 46.6. The predicted octanol–water partition coefficient (Wildman–Crippen LogP) is 5.99. The summed E-state index contributed by atoms with van der Waals surface area (Å²) in [5.74, 6) is -13.4. The number of likely N-dealkylation sites (tertiary alicyclic amines) is 1. The lowest BCUT2D eigenvalue weighted by Crippen LogP contribution is -2.65. The van der Waals surface area contributed by atoms with Gasteiger partial charge in [-0.05, 0) is 86.8 Å². The van der Waals surface area contributed by atoms with Crippen LogP contribution in [0, 0.1) is 23.7 Å². The highest BCUT2D eigenvalue weighted by atomic mass is 35.5. The first-order valence-electron chi connectivity index (χ1n) is 35.0. The third kappa shape index (κ3) is 21.9. The van der Waals surface area contributed by atoms with E-state index >= 15 is 14.4 Å². The molecule has 2 aliphatic carbocycles. The number of rotatable bonds is 12. The molecule has 30 heteroatoms. The highest BCUT2D eigenvalue weighted by Gasteiger charge is 2.50. The zero-order chi connectivity index (χ0) is 75.2. The van der Waals surface area contributed by atoms with Crippen molar-refractivity contribution in [3.63, 3.8) is 0 Å². The van der Waals surface area contributed by atoms with Crippen LogP contribution < -0.4 is 16.0 Å². The standard InChI is InChI=1S/C70H108ClF5N12O12/c1-16-44(6)59-65(98)82(10)40-57(92)80(8)41-58(93)85(13)53(37-46-22-18-17-19-23-46)64(97)81(9)39-54(89)77-50(27-25-47-24-26-48(49(71)36-47)70(74,75)76)63(96)86(14)52(38-56(91)88-32-30-69(72,73)31-33-88)62(95)79-68(28-20-21-29-68)67(100)87(15)60(43(4)5)66(99)83(11)45(7)35-55(90)84(12)51(34-42(2)3)61(94)78-59/h24,26,36,42-46,50-53,59-60H,16-23,25,27-35,37-41H2,1-15H3,(H,77,89)(H,78,94)(H,79,95)/t44-,45+,50-,51-,52-,53-,59-,60-/m0/s1. The van der Waals surface area contributed by atoms with Gasteiger partial charge in [-0.2, -0.15) is 13.2 Å². The van der Waals surface area contributed by atoms with E-state index in [1.165, 1.54) is 68.9 Å². The van der Waals surface area contributed by atoms with E-state index in [4.69, 9.17) is 11.6 Å². The minimum Gasteiger partial charge on any atom is -0.343 e. The van der Waals surface area contributed by atoms with Gasteiger partial charge in [0.05, 0.1) is 36.6 Å². The summed E-state index contributed by atoms with van der Waals surface area (Å²) in [6.07, 6.45) is -2.32. The number of aryl methyl sites for hydroxylation is 1. The van der Waals surface area contributed by atoms with Crippen molar-refractivity contribution in [3.8, 4) is 0 Å². The van der Waals surface area contributed by atoms with Crippen LogP contribution in [0.2, 0.25) is 5.02 Å². The molecule has 1 aromatic carbocycles. The highest BCUT2D eigenvalue weighted by Crippen LogP contribution is 2.37. The van der Waals surface area contributed by atoms with E-state index in [1.807, 2.05) is 20.8 Å². The first kappa shape index (κ1) is 83.5. The van der Waals surface area contributed by atoms with E-state index in [9.17, 15) is 65.1 Å². The second-order valence-electron chi connectivity index (χ2n) is 29.2. The zero-order valence-corrected chi connectivity index (χ0v) is 61.8. The summed E-state index contributed by atoms with van der Waals surface area (Å²) in [4.78, 5) is 187. The van der Waals surface area contributed by atoms with Crippen LogP contribution in [0.25, 0.3) is 0 Å². The minimum absolute atomic E-state index is 0.0183. The molecule has 0 unspecified atom stereocenters. The topological polar surface area (TPSA) is 270 Å². The second-order valence-corrected chi connectivity index (χ2v) is 29.6. The van der Waals surface area contributed by atoms with Crippen LogP contribution in [0.15, 0.2) is 18.2 Å². The SMILES string of the molecule is CC[C@H](C)[C@@H]1NC(=O)[C@H](CC(C)C)N(C)C(=O)C[C@@H](C)N(C)C(=O)[C@H](C(C)C)N(C)C(=O)C2(CCCC2)NC(=O)[C@H](CC(=O)N2CCC(F)(F)CC2)N(C)C(=O)[C@H](CCc2ccc(C(F)(F)F)c(Cl)c2)NC(=O)CN(C)C(=O)[C@H](CC2CCCCC2)N(C)C(=O)CN(C)C(=O)CN(C)C1=O. The van der Waals surface area contributed by atoms with Gasteiger partial charge >= 0.3 is 6.18 Å². The van der Waals surface area contributed by atoms with Gasteiger partial charge in [0.2, 0.25) is 70.9 Å². The maximum atomic E-state index is 15.4. The Morgan fingerprint density at radius 2 is 1.22 bits per heavy atom. The van der Waals surface area contributed by atoms with Crippen LogP contribution in [0.1, 0.15) is 169 Å². The van der Waals surface area contributed by atoms with Crippen LogP contribution in [-0.2, 0) is 70.1 Å². The molecule has 2 heterocycles. The largest absolute Gasteiger partial charge is 0.417 e. The van der Waals surface area contributed by atoms with Crippen LogP contribution in [0.3, 0.4) is 0 Å². The molecule has 3 N–H and O–H groups in total. The van der Waals surface area contributed by atoms with Crippen molar-refractivity contribution in [2.45, 2.75) is 224 Å². The maximum absolute atomic E-state index is 15.4. The van der Waals surface area contributed by atoms with Crippen molar-refractivity contribution in [3.05, 3.63) is 34.3 Å². The van der Waals surface area contributed by atoms with Gasteiger partial charge in [-0.25, -0.2) is 8.78 Å². The molecule has 562 valence electrons. The first-order valence-corrected chi connectivity index (χ1v) is 35.4. The van der Waals surface area contributed by atoms with Crippen LogP contribution in [0.5, 0.6) is 0 Å². The fourth-order valence-corrected chi connectivity index (χ4v) is 14.2. The number of carbonyl (C=O) groups excluding carboxylic acids is 12. The zero-order valence-electron chi connectivity index (χ0n) is 61.0. The predicted molar refractivity (Wildman–Crippen MR) is 364 cm³/mol. The summed E-state index contributed by atoms with van der Waals surface area (Å²) >= 11 is 6.14. The number of amides is 12. The highest BCUT2D eigenvalue weighted by molar-refractivity contribution is 6.31. The Balaban J connectivity index is 1.64. The lowest BCUT2D eigenvalue weighted by molar-refractivity contribution is -0.153. The van der Waals surface area contributed by atoms with Gasteiger partial charge in [-0.3, -0.25) is 57.5 Å². The summed E-state index contributed by atoms with van der Waals surface area (Å²) in [6.45, 7) is 9.64. The molecular formula is C70H108ClF5N12O12. The van der Waals surface area contributed by atoms with Gasteiger partial charge in [0.15, 0.2) is 0 Å². The third-order valence-electron chi connectivity index (χ3n) is 20.7. The number of alkyl halides is 5. The molecule has 0 aromatic heterocycles. The van der Waals surface area contributed by atoms with E-state index in [2.05, 4.69) is 16.0 Å². The molecule has 100 heavy (non-hydrogen) atoms. The monoisotopic (exact) mass is 1440 g/mol. The molecule has 2 saturated carbocycles. The molecule has 2 aliphatic heterocycles.